The summed E-state index contributed by atoms with van der Waals surface area (Å²) < 4.78 is 32.8. The lowest BCUT2D eigenvalue weighted by Gasteiger charge is -2.18. The predicted octanol–water partition coefficient (Wildman–Crippen LogP) is 4.42. The Bertz CT molecular complexity index is 1150. The minimum Gasteiger partial charge on any atom is -0.497 e. The number of rotatable bonds is 7. The van der Waals surface area contributed by atoms with Crippen molar-refractivity contribution in [3.8, 4) is 5.75 Å². The van der Waals surface area contributed by atoms with Gasteiger partial charge in [-0.25, -0.2) is 8.42 Å². The second-order valence-corrected chi connectivity index (χ2v) is 8.70. The molecule has 0 saturated carbocycles. The number of halogens is 1. The molecule has 3 aromatic carbocycles. The Labute approximate surface area is 181 Å². The molecule has 1 N–H and O–H groups in total. The van der Waals surface area contributed by atoms with Gasteiger partial charge in [0.1, 0.15) is 5.75 Å². The van der Waals surface area contributed by atoms with Crippen LogP contribution in [-0.2, 0) is 16.6 Å². The van der Waals surface area contributed by atoms with Crippen molar-refractivity contribution in [2.24, 2.45) is 0 Å². The molecule has 1 amide bonds. The molecule has 8 heteroatoms. The molecule has 0 aliphatic carbocycles. The van der Waals surface area contributed by atoms with Crippen LogP contribution in [0.2, 0.25) is 5.02 Å². The number of nitrogens with one attached hydrogen (secondary N) is 1. The first-order chi connectivity index (χ1) is 14.3. The topological polar surface area (TPSA) is 75.7 Å². The van der Waals surface area contributed by atoms with E-state index < -0.39 is 10.0 Å². The third kappa shape index (κ3) is 5.11. The highest BCUT2D eigenvalue weighted by molar-refractivity contribution is 7.92. The number of sulfonamides is 1. The Morgan fingerprint density at radius 1 is 1.03 bits per heavy atom. The normalized spacial score (nSPS) is 11.0. The van der Waals surface area contributed by atoms with Gasteiger partial charge in [-0.15, -0.1) is 0 Å². The first kappa shape index (κ1) is 21.7. The molecule has 0 aliphatic rings. The maximum absolute atomic E-state index is 12.8. The van der Waals surface area contributed by atoms with Crippen molar-refractivity contribution >= 4 is 33.2 Å². The van der Waals surface area contributed by atoms with E-state index in [1.54, 1.807) is 43.4 Å². The number of hydrogen-bond donors (Lipinski definition) is 1. The minimum atomic E-state index is -3.80. The van der Waals surface area contributed by atoms with Gasteiger partial charge in [0.25, 0.3) is 15.9 Å². The quantitative estimate of drug-likeness (QED) is 0.585. The number of carbonyl (C=O) groups excluding carboxylic acids is 1. The highest BCUT2D eigenvalue weighted by atomic mass is 35.5. The summed E-state index contributed by atoms with van der Waals surface area (Å²) in [5, 5.41) is 0.582. The molecule has 0 unspecified atom stereocenters. The average molecular weight is 445 g/mol. The summed E-state index contributed by atoms with van der Waals surface area (Å²) in [5.74, 6) is 0.309. The maximum Gasteiger partial charge on any atom is 0.261 e. The summed E-state index contributed by atoms with van der Waals surface area (Å²) in [6.45, 7) is 0.334. The van der Waals surface area contributed by atoms with Crippen LogP contribution in [-0.4, -0.2) is 33.4 Å². The predicted molar refractivity (Wildman–Crippen MR) is 117 cm³/mol. The molecular weight excluding hydrogens is 424 g/mol. The van der Waals surface area contributed by atoms with Crippen LogP contribution in [0.3, 0.4) is 0 Å². The van der Waals surface area contributed by atoms with E-state index in [4.69, 9.17) is 16.3 Å². The Morgan fingerprint density at radius 3 is 2.40 bits per heavy atom. The Morgan fingerprint density at radius 2 is 1.73 bits per heavy atom. The Balaban J connectivity index is 1.76. The number of methoxy groups -OCH3 is 1. The van der Waals surface area contributed by atoms with Crippen LogP contribution in [0.15, 0.2) is 77.7 Å². The van der Waals surface area contributed by atoms with E-state index in [0.717, 1.165) is 5.56 Å². The maximum atomic E-state index is 12.8. The van der Waals surface area contributed by atoms with E-state index in [1.807, 2.05) is 18.2 Å². The molecule has 0 aromatic heterocycles. The van der Waals surface area contributed by atoms with Gasteiger partial charge in [0.05, 0.1) is 12.0 Å². The van der Waals surface area contributed by atoms with Crippen LogP contribution in [0.25, 0.3) is 0 Å². The molecule has 0 fully saturated rings. The fraction of sp³-hybridized carbons (Fsp3) is 0.136. The Kier molecular flexibility index (Phi) is 6.64. The molecule has 0 atom stereocenters. The lowest BCUT2D eigenvalue weighted by atomic mass is 10.1. The van der Waals surface area contributed by atoms with E-state index in [9.17, 15) is 13.2 Å². The number of ether oxygens (including phenoxy) is 1. The molecule has 6 nitrogen and oxygen atoms in total. The number of amides is 1. The third-order valence-corrected chi connectivity index (χ3v) is 6.21. The second-order valence-electron chi connectivity index (χ2n) is 6.61. The van der Waals surface area contributed by atoms with E-state index in [1.165, 1.54) is 30.2 Å². The molecule has 30 heavy (non-hydrogen) atoms. The van der Waals surface area contributed by atoms with Gasteiger partial charge in [-0.1, -0.05) is 35.9 Å². The largest absolute Gasteiger partial charge is 0.497 e. The van der Waals surface area contributed by atoms with Crippen LogP contribution in [0, 0.1) is 0 Å². The fourth-order valence-electron chi connectivity index (χ4n) is 2.86. The van der Waals surface area contributed by atoms with Crippen molar-refractivity contribution in [2.45, 2.75) is 11.4 Å². The van der Waals surface area contributed by atoms with Crippen LogP contribution in [0.4, 0.5) is 5.69 Å². The van der Waals surface area contributed by atoms with E-state index in [0.29, 0.717) is 28.6 Å². The molecule has 3 rings (SSSR count). The van der Waals surface area contributed by atoms with Gasteiger partial charge in [0, 0.05) is 29.9 Å². The van der Waals surface area contributed by atoms with Crippen molar-refractivity contribution in [1.82, 2.24) is 4.90 Å². The van der Waals surface area contributed by atoms with Crippen molar-refractivity contribution < 1.29 is 17.9 Å². The number of hydrogen-bond acceptors (Lipinski definition) is 4. The van der Waals surface area contributed by atoms with Crippen molar-refractivity contribution in [3.05, 3.63) is 88.9 Å². The van der Waals surface area contributed by atoms with Crippen LogP contribution < -0.4 is 9.46 Å². The number of benzene rings is 3. The molecule has 0 bridgehead atoms. The van der Waals surface area contributed by atoms with E-state index >= 15 is 0 Å². The lowest BCUT2D eigenvalue weighted by molar-refractivity contribution is 0.0785. The molecule has 3 aromatic rings. The third-order valence-electron chi connectivity index (χ3n) is 4.44. The smallest absolute Gasteiger partial charge is 0.261 e. The fourth-order valence-corrected chi connectivity index (χ4v) is 4.10. The number of anilines is 1. The first-order valence-corrected chi connectivity index (χ1v) is 10.9. The second kappa shape index (κ2) is 9.19. The van der Waals surface area contributed by atoms with Crippen molar-refractivity contribution in [1.29, 1.82) is 0 Å². The molecule has 0 saturated heterocycles. The summed E-state index contributed by atoms with van der Waals surface area (Å²) in [6.07, 6.45) is 0. The van der Waals surface area contributed by atoms with Gasteiger partial charge in [-0.2, -0.15) is 0 Å². The zero-order valence-electron chi connectivity index (χ0n) is 16.5. The number of carbonyl (C=O) groups is 1. The van der Waals surface area contributed by atoms with Crippen LogP contribution in [0.1, 0.15) is 15.9 Å². The highest BCUT2D eigenvalue weighted by Gasteiger charge is 2.17. The van der Waals surface area contributed by atoms with Gasteiger partial charge in [-0.05, 0) is 54.1 Å². The summed E-state index contributed by atoms with van der Waals surface area (Å²) in [7, 11) is -0.630. The summed E-state index contributed by atoms with van der Waals surface area (Å²) >= 11 is 6.17. The molecule has 0 heterocycles. The first-order valence-electron chi connectivity index (χ1n) is 9.06. The SMILES string of the molecule is COc1ccc(S(=O)(=O)Nc2cccc(C(=O)N(C)Cc3ccccc3Cl)c2)cc1. The van der Waals surface area contributed by atoms with Gasteiger partial charge < -0.3 is 9.64 Å². The standard InChI is InChI=1S/C22H21ClN2O4S/c1-25(15-17-6-3-4-9-21(17)23)22(26)16-7-5-8-18(14-16)24-30(27,28)20-12-10-19(29-2)11-13-20/h3-14,24H,15H2,1-2H3. The summed E-state index contributed by atoms with van der Waals surface area (Å²) in [5.41, 5.74) is 1.48. The van der Waals surface area contributed by atoms with E-state index in [2.05, 4.69) is 4.72 Å². The van der Waals surface area contributed by atoms with Crippen LogP contribution >= 0.6 is 11.6 Å². The van der Waals surface area contributed by atoms with Crippen molar-refractivity contribution in [2.75, 3.05) is 18.9 Å². The molecule has 0 spiro atoms. The molecule has 156 valence electrons. The van der Waals surface area contributed by atoms with Gasteiger partial charge in [-0.3, -0.25) is 9.52 Å². The van der Waals surface area contributed by atoms with Gasteiger partial charge in [0.15, 0.2) is 0 Å². The van der Waals surface area contributed by atoms with Gasteiger partial charge >= 0.3 is 0 Å². The monoisotopic (exact) mass is 444 g/mol. The molecule has 0 radical (unpaired) electrons. The zero-order chi connectivity index (χ0) is 21.7. The van der Waals surface area contributed by atoms with Crippen molar-refractivity contribution in [3.63, 3.8) is 0 Å². The summed E-state index contributed by atoms with van der Waals surface area (Å²) in [6, 6.07) is 19.7. The van der Waals surface area contributed by atoms with E-state index in [-0.39, 0.29) is 10.8 Å². The highest BCUT2D eigenvalue weighted by Crippen LogP contribution is 2.21. The lowest BCUT2D eigenvalue weighted by Crippen LogP contribution is -2.26. The zero-order valence-corrected chi connectivity index (χ0v) is 18.1. The summed E-state index contributed by atoms with van der Waals surface area (Å²) in [4.78, 5) is 14.4. The minimum absolute atomic E-state index is 0.0934. The Hall–Kier alpha value is -3.03. The van der Waals surface area contributed by atoms with Crippen LogP contribution in [0.5, 0.6) is 5.75 Å². The average Bonchev–Trinajstić information content (AvgIpc) is 2.74. The molecular formula is C22H21ClN2O4S. The number of nitrogens with zero attached hydrogens (tertiary/aromatic N) is 1. The van der Waals surface area contributed by atoms with Gasteiger partial charge in [0.2, 0.25) is 0 Å². The molecule has 0 aliphatic heterocycles.